The lowest BCUT2D eigenvalue weighted by atomic mass is 9.93. The predicted octanol–water partition coefficient (Wildman–Crippen LogP) is 34.4. The fourth-order valence-corrected chi connectivity index (χ4v) is 22.1. The number of fused-ring (bicyclic) bond motifs is 24. The van der Waals surface area contributed by atoms with Crippen LogP contribution in [0.3, 0.4) is 0 Å². The zero-order valence-corrected chi connectivity index (χ0v) is 77.5. The van der Waals surface area contributed by atoms with Crippen LogP contribution in [-0.2, 0) is 0 Å². The van der Waals surface area contributed by atoms with Gasteiger partial charge in [-0.25, -0.2) is 29.9 Å². The van der Waals surface area contributed by atoms with Gasteiger partial charge in [0.2, 0.25) is 0 Å². The quantitative estimate of drug-likeness (QED) is 0.105. The van der Waals surface area contributed by atoms with Crippen LogP contribution in [0.15, 0.2) is 494 Å². The third-order valence-electron chi connectivity index (χ3n) is 28.9. The molecule has 0 amide bonds. The van der Waals surface area contributed by atoms with Crippen molar-refractivity contribution in [3.05, 3.63) is 485 Å². The molecule has 12 heteroatoms. The monoisotopic (exact) mass is 1840 g/mol. The second kappa shape index (κ2) is 33.1. The molecule has 0 N–H and O–H groups in total. The number of aromatic nitrogens is 10. The number of para-hydroxylation sites is 6. The van der Waals surface area contributed by atoms with Crippen LogP contribution in [0, 0.1) is 0 Å². The summed E-state index contributed by atoms with van der Waals surface area (Å²) in [5, 5.41) is 21.3. The molecule has 0 aliphatic heterocycles. The Kier molecular flexibility index (Phi) is 18.8. The van der Waals surface area contributed by atoms with Crippen molar-refractivity contribution in [2.45, 2.75) is 0 Å². The second-order valence-electron chi connectivity index (χ2n) is 37.1. The van der Waals surface area contributed by atoms with E-state index in [-0.39, 0.29) is 0 Å². The molecule has 0 atom stereocenters. The highest BCUT2D eigenvalue weighted by Gasteiger charge is 2.25. The molecular formula is C132H80N10O2. The molecular weight excluding hydrogens is 1760 g/mol. The minimum Gasteiger partial charge on any atom is -0.456 e. The molecule has 0 fully saturated rings. The molecule has 0 aliphatic carbocycles. The molecule has 670 valence electrons. The van der Waals surface area contributed by atoms with E-state index in [1.165, 1.54) is 114 Å². The topological polar surface area (TPSA) is 123 Å². The summed E-state index contributed by atoms with van der Waals surface area (Å²) in [5.41, 5.74) is 29.9. The lowest BCUT2D eigenvalue weighted by molar-refractivity contribution is 0.668. The SMILES string of the molecule is c1ccc(-c2nc(-c3ccccc3)nc(-c3ccc(-c4ccc(-n5c6ccccc6c6cc(-c7ccc8c(c7)c7ccccc7n8-c7ccc8oc9ccccc9c8c7)ccc65)cc4)cc3)n2)cc1.c1ccc(-c2nc(-c3ccccc3)nc(-c3ccc4c5ccccc5c5ccc(-n6c7ccccc7c7cc(-c8ccc9c(c8)c8ccccc8n9-c8ccc9oc%10ccccc%10c9c8)ccc76)cc5c4c3)n2)cc1. The molecule has 0 saturated heterocycles. The molecule has 0 aliphatic rings. The zero-order valence-electron chi connectivity index (χ0n) is 77.5. The van der Waals surface area contributed by atoms with Crippen LogP contribution in [0.25, 0.3) is 288 Å². The van der Waals surface area contributed by atoms with Gasteiger partial charge in [0.05, 0.1) is 44.1 Å². The largest absolute Gasteiger partial charge is 0.456 e. The van der Waals surface area contributed by atoms with E-state index in [9.17, 15) is 0 Å². The average Bonchev–Trinajstić information content (AvgIpc) is 1.00. The molecule has 22 aromatic carbocycles. The van der Waals surface area contributed by atoms with E-state index in [1.807, 2.05) is 121 Å². The van der Waals surface area contributed by atoms with Crippen LogP contribution in [0.4, 0.5) is 0 Å². The Morgan fingerprint density at radius 1 is 0.118 bits per heavy atom. The Morgan fingerprint density at radius 2 is 0.333 bits per heavy atom. The first-order chi connectivity index (χ1) is 71.3. The normalized spacial score (nSPS) is 11.9. The molecule has 8 aromatic heterocycles. The Bertz CT molecular complexity index is 10400. The van der Waals surface area contributed by atoms with Crippen LogP contribution in [-0.4, -0.2) is 48.2 Å². The third-order valence-corrected chi connectivity index (χ3v) is 28.9. The van der Waals surface area contributed by atoms with Crippen LogP contribution >= 0.6 is 0 Å². The van der Waals surface area contributed by atoms with Gasteiger partial charge in [0.25, 0.3) is 0 Å². The summed E-state index contributed by atoms with van der Waals surface area (Å²) in [4.78, 5) is 30.0. The van der Waals surface area contributed by atoms with Crippen molar-refractivity contribution in [1.29, 1.82) is 0 Å². The number of hydrogen-bond donors (Lipinski definition) is 0. The molecule has 0 radical (unpaired) electrons. The first-order valence-electron chi connectivity index (χ1n) is 48.7. The highest BCUT2D eigenvalue weighted by molar-refractivity contribution is 6.27. The smallest absolute Gasteiger partial charge is 0.164 e. The van der Waals surface area contributed by atoms with Gasteiger partial charge in [-0.05, 0) is 217 Å². The Balaban J connectivity index is 0.000000137. The van der Waals surface area contributed by atoms with Gasteiger partial charge in [-0.1, -0.05) is 334 Å². The first kappa shape index (κ1) is 81.6. The fourth-order valence-electron chi connectivity index (χ4n) is 22.1. The fraction of sp³-hybridized carbons (Fsp3) is 0. The van der Waals surface area contributed by atoms with Gasteiger partial charge in [0.1, 0.15) is 22.3 Å². The average molecular weight is 1840 g/mol. The van der Waals surface area contributed by atoms with Crippen molar-refractivity contribution >= 4 is 163 Å². The number of hydrogen-bond acceptors (Lipinski definition) is 8. The van der Waals surface area contributed by atoms with Crippen molar-refractivity contribution in [2.24, 2.45) is 0 Å². The highest BCUT2D eigenvalue weighted by atomic mass is 16.3. The van der Waals surface area contributed by atoms with Gasteiger partial charge >= 0.3 is 0 Å². The first-order valence-corrected chi connectivity index (χ1v) is 48.7. The van der Waals surface area contributed by atoms with Crippen molar-refractivity contribution in [2.75, 3.05) is 0 Å². The van der Waals surface area contributed by atoms with Crippen molar-refractivity contribution < 1.29 is 8.83 Å². The van der Waals surface area contributed by atoms with Crippen molar-refractivity contribution in [3.8, 4) is 124 Å². The van der Waals surface area contributed by atoms with Gasteiger partial charge in [-0.2, -0.15) is 0 Å². The number of benzene rings is 22. The van der Waals surface area contributed by atoms with E-state index in [1.54, 1.807) is 0 Å². The maximum absolute atomic E-state index is 6.22. The van der Waals surface area contributed by atoms with Gasteiger partial charge in [-0.15, -0.1) is 0 Å². The lowest BCUT2D eigenvalue weighted by Gasteiger charge is -2.15. The summed E-state index contributed by atoms with van der Waals surface area (Å²) in [5.74, 6) is 3.85. The van der Waals surface area contributed by atoms with E-state index >= 15 is 0 Å². The highest BCUT2D eigenvalue weighted by Crippen LogP contribution is 2.47. The molecule has 30 aromatic rings. The van der Waals surface area contributed by atoms with Gasteiger partial charge in [0, 0.05) is 121 Å². The van der Waals surface area contributed by atoms with E-state index in [2.05, 4.69) is 382 Å². The van der Waals surface area contributed by atoms with Gasteiger partial charge in [-0.3, -0.25) is 0 Å². The van der Waals surface area contributed by atoms with E-state index < -0.39 is 0 Å². The van der Waals surface area contributed by atoms with Gasteiger partial charge < -0.3 is 27.1 Å². The molecule has 0 spiro atoms. The van der Waals surface area contributed by atoms with Crippen molar-refractivity contribution in [1.82, 2.24) is 48.2 Å². The molecule has 144 heavy (non-hydrogen) atoms. The summed E-state index contributed by atoms with van der Waals surface area (Å²) >= 11 is 0. The number of furan rings is 2. The van der Waals surface area contributed by atoms with E-state index in [0.717, 1.165) is 138 Å². The van der Waals surface area contributed by atoms with E-state index in [0.29, 0.717) is 34.9 Å². The maximum Gasteiger partial charge on any atom is 0.164 e. The molecule has 0 saturated carbocycles. The van der Waals surface area contributed by atoms with Crippen LogP contribution < -0.4 is 0 Å². The molecule has 0 bridgehead atoms. The summed E-state index contributed by atoms with van der Waals surface area (Å²) < 4.78 is 22.0. The Morgan fingerprint density at radius 3 is 0.694 bits per heavy atom. The minimum atomic E-state index is 0.631. The van der Waals surface area contributed by atoms with Gasteiger partial charge in [0.15, 0.2) is 34.9 Å². The van der Waals surface area contributed by atoms with Crippen molar-refractivity contribution in [3.63, 3.8) is 0 Å². The zero-order chi connectivity index (χ0) is 94.6. The summed E-state index contributed by atoms with van der Waals surface area (Å²) in [7, 11) is 0. The van der Waals surface area contributed by atoms with Crippen LogP contribution in [0.2, 0.25) is 0 Å². The van der Waals surface area contributed by atoms with Crippen LogP contribution in [0.1, 0.15) is 0 Å². The molecule has 0 unspecified atom stereocenters. The van der Waals surface area contributed by atoms with E-state index in [4.69, 9.17) is 38.7 Å². The third kappa shape index (κ3) is 13.5. The summed E-state index contributed by atoms with van der Waals surface area (Å²) in [6.07, 6.45) is 0. The number of rotatable bonds is 13. The molecule has 8 heterocycles. The van der Waals surface area contributed by atoms with Crippen LogP contribution in [0.5, 0.6) is 0 Å². The maximum atomic E-state index is 6.22. The lowest BCUT2D eigenvalue weighted by Crippen LogP contribution is -2.00. The predicted molar refractivity (Wildman–Crippen MR) is 593 cm³/mol. The second-order valence-corrected chi connectivity index (χ2v) is 37.1. The Hall–Kier alpha value is -19.6. The standard InChI is InChI=1S/C69H41N5O.C63H39N5O/c1-3-15-42(16-4-1)67-70-68(43-17-5-2-6-18-43)72-69(71-67)46-27-32-51-49-19-7-8-20-50(49)52-33-30-47(40-57(52)56(51)39-46)73-61-24-12-9-21-53(61)58-37-44(28-34-63(58)73)45-29-35-64-59(38-45)54-22-10-13-25-62(54)74(64)48-31-36-66-60(41-48)55-23-11-14-26-65(55)75-66;1-3-13-42(14-4-1)61-64-62(43-15-5-2-6-16-43)66-63(65-61)44-25-23-40(24-26-44)41-27-31-47(32-28-41)67-55-20-10-7-17-49(55)52-37-45(29-34-57(52)67)46-30-35-58-53(38-46)50-18-8-11-21-56(50)68(58)48-33-36-60-54(39-48)51-19-9-12-22-59(51)69-60/h1-41H;1-39H. The minimum absolute atomic E-state index is 0.631. The molecule has 30 rings (SSSR count). The number of nitrogens with zero attached hydrogens (tertiary/aromatic N) is 10. The summed E-state index contributed by atoms with van der Waals surface area (Å²) in [6, 6.07) is 173. The molecule has 12 nitrogen and oxygen atoms in total. The summed E-state index contributed by atoms with van der Waals surface area (Å²) in [6.45, 7) is 0. The Labute approximate surface area is 824 Å².